The minimum absolute atomic E-state index is 0.0821. The molecule has 0 radical (unpaired) electrons. The number of pyridine rings is 1. The van der Waals surface area contributed by atoms with E-state index >= 15 is 0 Å². The first-order valence-corrected chi connectivity index (χ1v) is 13.4. The van der Waals surface area contributed by atoms with E-state index in [1.807, 2.05) is 45.0 Å². The normalized spacial score (nSPS) is 17.0. The quantitative estimate of drug-likeness (QED) is 0.283. The highest BCUT2D eigenvalue weighted by molar-refractivity contribution is 5.68. The van der Waals surface area contributed by atoms with Crippen molar-refractivity contribution in [2.45, 2.75) is 70.6 Å². The molecule has 4 aromatic rings. The first kappa shape index (κ1) is 27.2. The molecule has 9 nitrogen and oxygen atoms in total. The number of carbonyl (C=O) groups is 1. The summed E-state index contributed by atoms with van der Waals surface area (Å²) in [6, 6.07) is 20.0. The van der Waals surface area contributed by atoms with Gasteiger partial charge in [-0.2, -0.15) is 10.2 Å². The fraction of sp³-hybridized carbons (Fsp3) is 0.355. The average Bonchev–Trinajstić information content (AvgIpc) is 3.42. The third kappa shape index (κ3) is 6.59. The van der Waals surface area contributed by atoms with Crippen LogP contribution in [0.3, 0.4) is 0 Å². The largest absolute Gasteiger partial charge is 0.490 e. The molecule has 1 aliphatic carbocycles. The van der Waals surface area contributed by atoms with Crippen LogP contribution in [-0.4, -0.2) is 43.8 Å². The van der Waals surface area contributed by atoms with Gasteiger partial charge in [-0.25, -0.2) is 9.78 Å². The summed E-state index contributed by atoms with van der Waals surface area (Å²) in [6.07, 6.45) is 6.11. The van der Waals surface area contributed by atoms with Gasteiger partial charge in [0.25, 0.3) is 0 Å². The summed E-state index contributed by atoms with van der Waals surface area (Å²) in [5.41, 5.74) is 1.63. The zero-order valence-corrected chi connectivity index (χ0v) is 23.5. The molecular weight excluding hydrogens is 506 g/mol. The van der Waals surface area contributed by atoms with E-state index in [9.17, 15) is 4.79 Å². The second-order valence-electron chi connectivity index (χ2n) is 11.5. The van der Waals surface area contributed by atoms with E-state index < -0.39 is 5.60 Å². The Hall–Kier alpha value is -4.40. The molecule has 208 valence electrons. The molecule has 0 spiro atoms. The minimum atomic E-state index is -0.501. The molecule has 0 aliphatic heterocycles. The van der Waals surface area contributed by atoms with Gasteiger partial charge in [0.2, 0.25) is 0 Å². The molecule has 2 heterocycles. The number of ether oxygens (including phenoxy) is 3. The number of carbonyl (C=O) groups excluding carboxylic acids is 1. The Balaban J connectivity index is 1.15. The molecule has 9 heteroatoms. The molecular formula is C31H35N5O4. The average molecular weight is 542 g/mol. The van der Waals surface area contributed by atoms with Crippen LogP contribution in [0.4, 0.5) is 4.79 Å². The molecule has 5 rings (SSSR count). The number of alkyl carbamates (subject to hydrolysis) is 1. The fourth-order valence-electron chi connectivity index (χ4n) is 4.55. The summed E-state index contributed by atoms with van der Waals surface area (Å²) in [4.78, 5) is 17.7. The van der Waals surface area contributed by atoms with E-state index in [4.69, 9.17) is 14.2 Å². The third-order valence-corrected chi connectivity index (χ3v) is 6.85. The molecule has 0 bridgehead atoms. The van der Waals surface area contributed by atoms with E-state index in [1.165, 1.54) is 15.9 Å². The molecule has 1 fully saturated rings. The van der Waals surface area contributed by atoms with Crippen LogP contribution in [0.25, 0.3) is 5.82 Å². The van der Waals surface area contributed by atoms with Crippen LogP contribution in [0.15, 0.2) is 79.3 Å². The molecule has 0 atom stereocenters. The lowest BCUT2D eigenvalue weighted by molar-refractivity contribution is 0.0363. The van der Waals surface area contributed by atoms with Gasteiger partial charge >= 0.3 is 6.09 Å². The lowest BCUT2D eigenvalue weighted by atomic mass is 9.78. The number of hydrogen-bond acceptors (Lipinski definition) is 7. The van der Waals surface area contributed by atoms with Crippen molar-refractivity contribution in [2.75, 3.05) is 0 Å². The number of rotatable bonds is 8. The van der Waals surface area contributed by atoms with Crippen molar-refractivity contribution in [3.8, 4) is 23.1 Å². The fourth-order valence-corrected chi connectivity index (χ4v) is 4.55. The zero-order valence-electron chi connectivity index (χ0n) is 23.5. The van der Waals surface area contributed by atoms with Gasteiger partial charge in [0.15, 0.2) is 5.82 Å². The van der Waals surface area contributed by atoms with Gasteiger partial charge in [0.1, 0.15) is 29.0 Å². The Morgan fingerprint density at radius 1 is 0.825 bits per heavy atom. The Morgan fingerprint density at radius 3 is 2.02 bits per heavy atom. The van der Waals surface area contributed by atoms with Gasteiger partial charge < -0.3 is 19.5 Å². The van der Waals surface area contributed by atoms with Gasteiger partial charge in [-0.1, -0.05) is 38.1 Å². The van der Waals surface area contributed by atoms with E-state index in [-0.39, 0.29) is 23.7 Å². The Kier molecular flexibility index (Phi) is 7.47. The molecule has 2 aromatic heterocycles. The van der Waals surface area contributed by atoms with Gasteiger partial charge in [-0.3, -0.25) is 0 Å². The van der Waals surface area contributed by atoms with E-state index in [0.29, 0.717) is 11.6 Å². The van der Waals surface area contributed by atoms with Crippen molar-refractivity contribution in [1.29, 1.82) is 0 Å². The second kappa shape index (κ2) is 11.0. The molecule has 40 heavy (non-hydrogen) atoms. The third-order valence-electron chi connectivity index (χ3n) is 6.85. The summed E-state index contributed by atoms with van der Waals surface area (Å²) < 4.78 is 17.5. The van der Waals surface area contributed by atoms with Gasteiger partial charge in [-0.15, -0.1) is 4.80 Å². The highest BCUT2D eigenvalue weighted by atomic mass is 16.6. The van der Waals surface area contributed by atoms with Crippen molar-refractivity contribution >= 4 is 6.09 Å². The lowest BCUT2D eigenvalue weighted by Crippen LogP contribution is -2.50. The van der Waals surface area contributed by atoms with Crippen molar-refractivity contribution in [2.24, 2.45) is 0 Å². The highest BCUT2D eigenvalue weighted by Crippen LogP contribution is 2.35. The van der Waals surface area contributed by atoms with Crippen LogP contribution in [0.1, 0.15) is 58.6 Å². The van der Waals surface area contributed by atoms with Gasteiger partial charge in [0, 0.05) is 36.6 Å². The number of benzene rings is 2. The maximum Gasteiger partial charge on any atom is 0.407 e. The lowest BCUT2D eigenvalue weighted by Gasteiger charge is -2.36. The van der Waals surface area contributed by atoms with Crippen molar-refractivity contribution in [3.63, 3.8) is 0 Å². The molecule has 2 aromatic carbocycles. The van der Waals surface area contributed by atoms with Gasteiger partial charge in [-0.05, 0) is 62.2 Å². The first-order valence-electron chi connectivity index (χ1n) is 13.4. The van der Waals surface area contributed by atoms with Gasteiger partial charge in [0.05, 0.1) is 12.4 Å². The summed E-state index contributed by atoms with van der Waals surface area (Å²) in [6.45, 7) is 9.96. The Labute approximate surface area is 234 Å². The number of nitrogens with one attached hydrogen (secondary N) is 1. The van der Waals surface area contributed by atoms with E-state index in [0.717, 1.165) is 24.3 Å². The zero-order chi connectivity index (χ0) is 28.3. The number of hydrogen-bond donors (Lipinski definition) is 1. The maximum atomic E-state index is 11.9. The van der Waals surface area contributed by atoms with Crippen LogP contribution >= 0.6 is 0 Å². The summed E-state index contributed by atoms with van der Waals surface area (Å²) >= 11 is 0. The molecule has 1 N–H and O–H groups in total. The topological polar surface area (TPSA) is 100 Å². The number of aromatic nitrogens is 4. The van der Waals surface area contributed by atoms with Crippen molar-refractivity contribution < 1.29 is 19.0 Å². The maximum absolute atomic E-state index is 11.9. The Morgan fingerprint density at radius 2 is 1.43 bits per heavy atom. The van der Waals surface area contributed by atoms with Crippen molar-refractivity contribution in [3.05, 3.63) is 90.4 Å². The van der Waals surface area contributed by atoms with Crippen LogP contribution < -0.4 is 14.8 Å². The van der Waals surface area contributed by atoms with Crippen LogP contribution in [0.5, 0.6) is 17.2 Å². The van der Waals surface area contributed by atoms with Crippen molar-refractivity contribution in [1.82, 2.24) is 25.3 Å². The molecule has 0 saturated heterocycles. The predicted octanol–water partition coefficient (Wildman–Crippen LogP) is 6.22. The standard InChI is InChI=1S/C31H35N5O4/c1-30(2,3)40-29(37)35-23-18-27(19-23)39-25-12-8-22(9-13-25)31(4,5)21-6-10-24(11-7-21)38-26-14-15-32-28(20-26)36-33-16-17-34-36/h6-17,20,23,27H,18-19H2,1-5H3,(H,35,37). The molecule has 1 amide bonds. The highest BCUT2D eigenvalue weighted by Gasteiger charge is 2.33. The predicted molar refractivity (Wildman–Crippen MR) is 151 cm³/mol. The Bertz CT molecular complexity index is 1420. The summed E-state index contributed by atoms with van der Waals surface area (Å²) in [7, 11) is 0. The minimum Gasteiger partial charge on any atom is -0.490 e. The molecule has 1 saturated carbocycles. The monoisotopic (exact) mass is 541 g/mol. The van der Waals surface area contributed by atoms with E-state index in [1.54, 1.807) is 30.7 Å². The van der Waals surface area contributed by atoms with Crippen LogP contribution in [0, 0.1) is 0 Å². The summed E-state index contributed by atoms with van der Waals surface area (Å²) in [5, 5.41) is 11.1. The molecule has 1 aliphatic rings. The SMILES string of the molecule is CC(C)(C)OC(=O)NC1CC(Oc2ccc(C(C)(C)c3ccc(Oc4ccnc(-n5nccn5)c4)cc3)cc2)C1. The van der Waals surface area contributed by atoms with Crippen LogP contribution in [0.2, 0.25) is 0 Å². The summed E-state index contributed by atoms with van der Waals surface area (Å²) in [5.74, 6) is 2.80. The smallest absolute Gasteiger partial charge is 0.407 e. The number of amides is 1. The van der Waals surface area contributed by atoms with Crippen LogP contribution in [-0.2, 0) is 10.2 Å². The van der Waals surface area contributed by atoms with E-state index in [2.05, 4.69) is 58.6 Å². The number of nitrogens with zero attached hydrogens (tertiary/aromatic N) is 4. The first-order chi connectivity index (χ1) is 19.0. The molecule has 0 unspecified atom stereocenters. The second-order valence-corrected chi connectivity index (χ2v) is 11.5.